The number of rotatable bonds is 20. The lowest BCUT2D eigenvalue weighted by molar-refractivity contribution is -0.461. The summed E-state index contributed by atoms with van der Waals surface area (Å²) in [6.45, 7) is 0. The van der Waals surface area contributed by atoms with E-state index in [1.165, 1.54) is 0 Å². The topological polar surface area (TPSA) is 17.1 Å². The fourth-order valence-corrected chi connectivity index (χ4v) is 4.86. The highest BCUT2D eigenvalue weighted by atomic mass is 32.2. The van der Waals surface area contributed by atoms with Crippen LogP contribution < -0.4 is 0 Å². The van der Waals surface area contributed by atoms with Gasteiger partial charge in [-0.15, -0.1) is 0 Å². The molecule has 0 amide bonds. The lowest BCUT2D eigenvalue weighted by Gasteiger charge is -2.42. The van der Waals surface area contributed by atoms with Gasteiger partial charge in [-0.3, -0.25) is 4.21 Å². The molecular formula is C22H12F34OS. The molecule has 0 saturated carbocycles. The first kappa shape index (κ1) is 55.8. The van der Waals surface area contributed by atoms with Crippen LogP contribution in [0, 0.1) is 0 Å². The molecule has 0 heterocycles. The molecule has 0 unspecified atom stereocenters. The molecule has 0 aromatic heterocycles. The van der Waals surface area contributed by atoms with Gasteiger partial charge in [0, 0.05) is 35.1 Å². The minimum atomic E-state index is -9.00. The molecule has 0 saturated heterocycles. The Kier molecular flexibility index (Phi) is 14.4. The van der Waals surface area contributed by atoms with Crippen molar-refractivity contribution in [3.8, 4) is 0 Å². The second-order valence-electron chi connectivity index (χ2n) is 11.4. The summed E-state index contributed by atoms with van der Waals surface area (Å²) >= 11 is 0. The monoisotopic (exact) mass is 970 g/mol. The zero-order valence-corrected chi connectivity index (χ0v) is 26.7. The molecule has 0 aromatic carbocycles. The molecule has 0 atom stereocenters. The van der Waals surface area contributed by atoms with Crippen LogP contribution >= 0.6 is 0 Å². The average Bonchev–Trinajstić information content (AvgIpc) is 2.98. The molecule has 0 spiro atoms. The van der Waals surface area contributed by atoms with Crippen molar-refractivity contribution < 1.29 is 153 Å². The molecule has 0 aliphatic carbocycles. The second kappa shape index (κ2) is 15.0. The number of alkyl halides is 34. The molecule has 0 bridgehead atoms. The third kappa shape index (κ3) is 7.89. The van der Waals surface area contributed by atoms with Crippen molar-refractivity contribution in [1.29, 1.82) is 0 Å². The summed E-state index contributed by atoms with van der Waals surface area (Å²) in [5, 5.41) is 0. The van der Waals surface area contributed by atoms with Gasteiger partial charge in [0.2, 0.25) is 0 Å². The predicted octanol–water partition coefficient (Wildman–Crippen LogP) is 12.3. The Morgan fingerprint density at radius 1 is 0.241 bits per heavy atom. The van der Waals surface area contributed by atoms with Gasteiger partial charge < -0.3 is 0 Å². The lowest BCUT2D eigenvalue weighted by Crippen LogP contribution is -2.74. The zero-order valence-electron chi connectivity index (χ0n) is 25.9. The van der Waals surface area contributed by atoms with E-state index < -0.39 is 143 Å². The third-order valence-electron chi connectivity index (χ3n) is 7.30. The third-order valence-corrected chi connectivity index (χ3v) is 8.79. The van der Waals surface area contributed by atoms with Crippen molar-refractivity contribution in [2.75, 3.05) is 11.5 Å². The maximum atomic E-state index is 13.9. The summed E-state index contributed by atoms with van der Waals surface area (Å²) in [7, 11) is -3.45. The minimum absolute atomic E-state index is 1.98. The Morgan fingerprint density at radius 2 is 0.397 bits per heavy atom. The summed E-state index contributed by atoms with van der Waals surface area (Å²) in [6.07, 6.45) is -27.2. The maximum Gasteiger partial charge on any atom is 0.460 e. The van der Waals surface area contributed by atoms with Crippen LogP contribution in [0.4, 0.5) is 149 Å². The Labute approximate surface area is 297 Å². The molecule has 0 aromatic rings. The summed E-state index contributed by atoms with van der Waals surface area (Å²) in [4.78, 5) is 0. The summed E-state index contributed by atoms with van der Waals surface area (Å²) < 4.78 is 463. The summed E-state index contributed by atoms with van der Waals surface area (Å²) in [6, 6.07) is 0. The van der Waals surface area contributed by atoms with E-state index in [0.717, 1.165) is 0 Å². The molecule has 0 aliphatic rings. The zero-order chi connectivity index (χ0) is 47.8. The van der Waals surface area contributed by atoms with E-state index in [9.17, 15) is 153 Å². The minimum Gasteiger partial charge on any atom is -0.260 e. The standard InChI is InChI=1S/C22H12F34OS/c23-7(24,9(27,28)11(31,32)13(35,36)15(39,40)17(43,44)19(47,48)21(51,52)53)3-1-5-58(57)6-2-4-8(25,26)10(29,30)12(33,34)14(37,38)16(41,42)18(45,46)20(49,50)22(54,55)56/h1-6H2. The predicted molar refractivity (Wildman–Crippen MR) is 118 cm³/mol. The van der Waals surface area contributed by atoms with Gasteiger partial charge in [-0.2, -0.15) is 149 Å². The quantitative estimate of drug-likeness (QED) is 0.111. The molecule has 0 aliphatic heterocycles. The SMILES string of the molecule is O=S(CCCC(F)(F)C(F)(F)C(F)(F)C(F)(F)C(F)(F)C(F)(F)C(F)(F)C(F)(F)F)CCCC(F)(F)C(F)(F)C(F)(F)C(F)(F)C(F)(F)C(F)(F)C(F)(F)C(F)(F)F. The van der Waals surface area contributed by atoms with Crippen molar-refractivity contribution in [2.24, 2.45) is 0 Å². The Hall–Kier alpha value is -2.23. The van der Waals surface area contributed by atoms with Gasteiger partial charge in [-0.25, -0.2) is 0 Å². The van der Waals surface area contributed by atoms with Crippen LogP contribution in [0.1, 0.15) is 25.7 Å². The van der Waals surface area contributed by atoms with Gasteiger partial charge in [-0.1, -0.05) is 0 Å². The van der Waals surface area contributed by atoms with E-state index in [2.05, 4.69) is 0 Å². The average molecular weight is 970 g/mol. The fraction of sp³-hybridized carbons (Fsp3) is 1.00. The van der Waals surface area contributed by atoms with Gasteiger partial charge in [0.15, 0.2) is 0 Å². The molecule has 0 fully saturated rings. The van der Waals surface area contributed by atoms with Gasteiger partial charge >= 0.3 is 95.3 Å². The number of hydrogen-bond acceptors (Lipinski definition) is 1. The summed E-state index contributed by atoms with van der Waals surface area (Å²) in [5.74, 6) is -123. The highest BCUT2D eigenvalue weighted by Gasteiger charge is 2.96. The van der Waals surface area contributed by atoms with Crippen molar-refractivity contribution in [1.82, 2.24) is 0 Å². The van der Waals surface area contributed by atoms with Gasteiger partial charge in [0.1, 0.15) is 0 Å². The van der Waals surface area contributed by atoms with E-state index >= 15 is 0 Å². The van der Waals surface area contributed by atoms with E-state index in [1.54, 1.807) is 0 Å². The second-order valence-corrected chi connectivity index (χ2v) is 13.0. The normalized spacial score (nSPS) is 16.7. The Balaban J connectivity index is 6.12. The molecule has 0 N–H and O–H groups in total. The smallest absolute Gasteiger partial charge is 0.260 e. The highest BCUT2D eigenvalue weighted by molar-refractivity contribution is 7.84. The first-order chi connectivity index (χ1) is 24.6. The van der Waals surface area contributed by atoms with Crippen LogP contribution in [0.5, 0.6) is 0 Å². The molecule has 0 radical (unpaired) electrons. The van der Waals surface area contributed by atoms with Crippen LogP contribution in [0.15, 0.2) is 0 Å². The van der Waals surface area contributed by atoms with Crippen LogP contribution in [-0.2, 0) is 10.8 Å². The van der Waals surface area contributed by atoms with Crippen molar-refractivity contribution >= 4 is 10.8 Å². The summed E-state index contributed by atoms with van der Waals surface area (Å²) in [5.41, 5.74) is 0. The Morgan fingerprint density at radius 3 is 0.569 bits per heavy atom. The van der Waals surface area contributed by atoms with Crippen LogP contribution in [0.2, 0.25) is 0 Å². The van der Waals surface area contributed by atoms with Crippen molar-refractivity contribution in [3.63, 3.8) is 0 Å². The van der Waals surface area contributed by atoms with E-state index in [-0.39, 0.29) is 0 Å². The largest absolute Gasteiger partial charge is 0.460 e. The molecule has 0 rings (SSSR count). The lowest BCUT2D eigenvalue weighted by atomic mass is 9.88. The molecule has 36 heteroatoms. The first-order valence-corrected chi connectivity index (χ1v) is 14.9. The highest BCUT2D eigenvalue weighted by Crippen LogP contribution is 2.66. The molecule has 350 valence electrons. The van der Waals surface area contributed by atoms with Crippen LogP contribution in [-0.4, -0.2) is 111 Å². The Bertz CT molecular complexity index is 1340. The van der Waals surface area contributed by atoms with Gasteiger partial charge in [-0.05, 0) is 12.8 Å². The number of halogens is 34. The van der Waals surface area contributed by atoms with E-state index in [4.69, 9.17) is 0 Å². The van der Waals surface area contributed by atoms with Crippen LogP contribution in [0.25, 0.3) is 0 Å². The fourth-order valence-electron chi connectivity index (χ4n) is 3.72. The molecule has 1 nitrogen and oxygen atoms in total. The van der Waals surface area contributed by atoms with E-state index in [0.29, 0.717) is 0 Å². The van der Waals surface area contributed by atoms with Crippen LogP contribution in [0.3, 0.4) is 0 Å². The van der Waals surface area contributed by atoms with Gasteiger partial charge in [0.05, 0.1) is 0 Å². The molecular weight excluding hydrogens is 958 g/mol. The maximum absolute atomic E-state index is 13.9. The first-order valence-electron chi connectivity index (χ1n) is 13.4. The van der Waals surface area contributed by atoms with Gasteiger partial charge in [0.25, 0.3) is 0 Å². The number of hydrogen-bond donors (Lipinski definition) is 0. The van der Waals surface area contributed by atoms with Crippen molar-refractivity contribution in [3.05, 3.63) is 0 Å². The van der Waals surface area contributed by atoms with E-state index in [1.807, 2.05) is 0 Å². The van der Waals surface area contributed by atoms with Crippen molar-refractivity contribution in [2.45, 2.75) is 121 Å². The molecule has 58 heavy (non-hydrogen) atoms.